The van der Waals surface area contributed by atoms with Crippen LogP contribution in [0.25, 0.3) is 0 Å². The molecule has 1 aromatic heterocycles. The molecule has 1 aromatic rings. The first-order valence-electron chi connectivity index (χ1n) is 7.01. The van der Waals surface area contributed by atoms with Crippen molar-refractivity contribution in [3.8, 4) is 0 Å². The van der Waals surface area contributed by atoms with Crippen LogP contribution >= 0.6 is 11.6 Å². The van der Waals surface area contributed by atoms with Crippen LogP contribution in [0.1, 0.15) is 56.7 Å². The molecule has 0 N–H and O–H groups in total. The molecule has 3 rings (SSSR count). The maximum absolute atomic E-state index is 6.33. The Morgan fingerprint density at radius 1 is 1.18 bits per heavy atom. The van der Waals surface area contributed by atoms with E-state index in [2.05, 4.69) is 16.9 Å². The van der Waals surface area contributed by atoms with Crippen molar-refractivity contribution in [3.05, 3.63) is 18.0 Å². The molecule has 0 aromatic carbocycles. The lowest BCUT2D eigenvalue weighted by atomic mass is 10.0. The highest BCUT2D eigenvalue weighted by molar-refractivity contribution is 6.20. The van der Waals surface area contributed by atoms with Gasteiger partial charge in [-0.1, -0.05) is 19.3 Å². The molecule has 0 bridgehead atoms. The van der Waals surface area contributed by atoms with Gasteiger partial charge in [-0.2, -0.15) is 5.10 Å². The van der Waals surface area contributed by atoms with Crippen molar-refractivity contribution in [1.82, 2.24) is 9.78 Å². The Balaban J connectivity index is 1.63. The molecule has 94 valence electrons. The molecule has 2 unspecified atom stereocenters. The van der Waals surface area contributed by atoms with Crippen LogP contribution in [-0.4, -0.2) is 15.2 Å². The van der Waals surface area contributed by atoms with Gasteiger partial charge < -0.3 is 0 Å². The molecule has 2 aliphatic rings. The highest BCUT2D eigenvalue weighted by Gasteiger charge is 2.26. The average molecular weight is 253 g/mol. The molecule has 3 heteroatoms. The van der Waals surface area contributed by atoms with E-state index in [1.807, 2.05) is 0 Å². The highest BCUT2D eigenvalue weighted by atomic mass is 35.5. The molecule has 0 aliphatic heterocycles. The minimum absolute atomic E-state index is 0.381. The molecular formula is C14H21ClN2. The standard InChI is InChI=1S/C14H21ClN2/c15-14-7-3-4-11(14)10-12-8-9-17(16-12)13-5-1-2-6-13/h8-9,11,13-14H,1-7,10H2. The van der Waals surface area contributed by atoms with Crippen LogP contribution in [0, 0.1) is 5.92 Å². The Kier molecular flexibility index (Phi) is 3.41. The summed E-state index contributed by atoms with van der Waals surface area (Å²) in [5, 5.41) is 5.13. The first-order chi connectivity index (χ1) is 8.33. The second-order valence-corrected chi connectivity index (χ2v) is 6.20. The van der Waals surface area contributed by atoms with Gasteiger partial charge in [0.1, 0.15) is 0 Å². The Bertz CT molecular complexity index is 368. The first-order valence-corrected chi connectivity index (χ1v) is 7.44. The number of alkyl halides is 1. The lowest BCUT2D eigenvalue weighted by Crippen LogP contribution is -2.11. The zero-order chi connectivity index (χ0) is 11.7. The number of halogens is 1. The van der Waals surface area contributed by atoms with Gasteiger partial charge in [0.05, 0.1) is 11.7 Å². The van der Waals surface area contributed by atoms with E-state index in [-0.39, 0.29) is 0 Å². The number of hydrogen-bond acceptors (Lipinski definition) is 1. The van der Waals surface area contributed by atoms with Crippen molar-refractivity contribution < 1.29 is 0 Å². The third-order valence-electron chi connectivity index (χ3n) is 4.40. The Hall–Kier alpha value is -0.500. The maximum atomic E-state index is 6.33. The molecule has 2 atom stereocenters. The summed E-state index contributed by atoms with van der Waals surface area (Å²) in [6, 6.07) is 2.86. The van der Waals surface area contributed by atoms with E-state index in [0.717, 1.165) is 6.42 Å². The van der Waals surface area contributed by atoms with Gasteiger partial charge in [0.2, 0.25) is 0 Å². The second kappa shape index (κ2) is 5.01. The van der Waals surface area contributed by atoms with Crippen LogP contribution in [0.2, 0.25) is 0 Å². The molecule has 1 heterocycles. The summed E-state index contributed by atoms with van der Waals surface area (Å²) in [5.41, 5.74) is 1.24. The van der Waals surface area contributed by atoms with Gasteiger partial charge >= 0.3 is 0 Å². The summed E-state index contributed by atoms with van der Waals surface area (Å²) in [4.78, 5) is 0. The van der Waals surface area contributed by atoms with Crippen LogP contribution in [-0.2, 0) is 6.42 Å². The van der Waals surface area contributed by atoms with E-state index in [9.17, 15) is 0 Å². The van der Waals surface area contributed by atoms with Crippen molar-refractivity contribution in [2.45, 2.75) is 62.8 Å². The van der Waals surface area contributed by atoms with E-state index in [0.29, 0.717) is 17.3 Å². The van der Waals surface area contributed by atoms with E-state index in [1.165, 1.54) is 50.6 Å². The monoisotopic (exact) mass is 252 g/mol. The van der Waals surface area contributed by atoms with Crippen molar-refractivity contribution in [1.29, 1.82) is 0 Å². The van der Waals surface area contributed by atoms with Gasteiger partial charge in [-0.15, -0.1) is 11.6 Å². The lowest BCUT2D eigenvalue weighted by molar-refractivity contribution is 0.456. The van der Waals surface area contributed by atoms with Crippen molar-refractivity contribution in [2.75, 3.05) is 0 Å². The summed E-state index contributed by atoms with van der Waals surface area (Å²) in [5.74, 6) is 0.656. The van der Waals surface area contributed by atoms with Crippen molar-refractivity contribution >= 4 is 11.6 Å². The summed E-state index contributed by atoms with van der Waals surface area (Å²) >= 11 is 6.33. The van der Waals surface area contributed by atoms with Crippen molar-refractivity contribution in [2.24, 2.45) is 5.92 Å². The molecule has 2 nitrogen and oxygen atoms in total. The SMILES string of the molecule is ClC1CCCC1Cc1ccn(C2CCCC2)n1. The molecule has 2 aliphatic carbocycles. The number of nitrogens with zero attached hydrogens (tertiary/aromatic N) is 2. The molecular weight excluding hydrogens is 232 g/mol. The van der Waals surface area contributed by atoms with Gasteiger partial charge in [0.15, 0.2) is 0 Å². The quantitative estimate of drug-likeness (QED) is 0.745. The number of rotatable bonds is 3. The predicted octanol–water partition coefficient (Wildman–Crippen LogP) is 3.95. The summed E-state index contributed by atoms with van der Waals surface area (Å²) < 4.78 is 2.19. The van der Waals surface area contributed by atoms with E-state index >= 15 is 0 Å². The van der Waals surface area contributed by atoms with Gasteiger partial charge in [-0.25, -0.2) is 0 Å². The zero-order valence-electron chi connectivity index (χ0n) is 10.3. The highest BCUT2D eigenvalue weighted by Crippen LogP contribution is 2.33. The summed E-state index contributed by atoms with van der Waals surface area (Å²) in [6.45, 7) is 0. The summed E-state index contributed by atoms with van der Waals surface area (Å²) in [7, 11) is 0. The molecule has 2 saturated carbocycles. The fourth-order valence-corrected chi connectivity index (χ4v) is 3.72. The minimum atomic E-state index is 0.381. The van der Waals surface area contributed by atoms with Crippen LogP contribution in [0.15, 0.2) is 12.3 Å². The number of aromatic nitrogens is 2. The Morgan fingerprint density at radius 3 is 2.71 bits per heavy atom. The fraction of sp³-hybridized carbons (Fsp3) is 0.786. The maximum Gasteiger partial charge on any atom is 0.0628 e. The first kappa shape index (κ1) is 11.6. The molecule has 0 radical (unpaired) electrons. The van der Waals surface area contributed by atoms with E-state index < -0.39 is 0 Å². The van der Waals surface area contributed by atoms with Crippen LogP contribution in [0.5, 0.6) is 0 Å². The van der Waals surface area contributed by atoms with E-state index in [1.54, 1.807) is 0 Å². The molecule has 17 heavy (non-hydrogen) atoms. The molecule has 0 spiro atoms. The second-order valence-electron chi connectivity index (χ2n) is 5.64. The van der Waals surface area contributed by atoms with Crippen LogP contribution in [0.4, 0.5) is 0 Å². The predicted molar refractivity (Wildman–Crippen MR) is 70.4 cm³/mol. The molecule has 0 saturated heterocycles. The fourth-order valence-electron chi connectivity index (χ4n) is 3.35. The minimum Gasteiger partial charge on any atom is -0.269 e. The van der Waals surface area contributed by atoms with Crippen molar-refractivity contribution in [3.63, 3.8) is 0 Å². The third kappa shape index (κ3) is 2.52. The molecule has 0 amide bonds. The Labute approximate surface area is 108 Å². The van der Waals surface area contributed by atoms with Crippen LogP contribution in [0.3, 0.4) is 0 Å². The Morgan fingerprint density at radius 2 is 2.00 bits per heavy atom. The normalized spacial score (nSPS) is 30.2. The van der Waals surface area contributed by atoms with E-state index in [4.69, 9.17) is 16.7 Å². The summed E-state index contributed by atoms with van der Waals surface area (Å²) in [6.07, 6.45) is 12.4. The third-order valence-corrected chi connectivity index (χ3v) is 4.97. The van der Waals surface area contributed by atoms with Crippen LogP contribution < -0.4 is 0 Å². The van der Waals surface area contributed by atoms with Gasteiger partial charge in [-0.3, -0.25) is 4.68 Å². The van der Waals surface area contributed by atoms with Gasteiger partial charge in [0.25, 0.3) is 0 Å². The smallest absolute Gasteiger partial charge is 0.0628 e. The van der Waals surface area contributed by atoms with Gasteiger partial charge in [-0.05, 0) is 44.1 Å². The largest absolute Gasteiger partial charge is 0.269 e. The van der Waals surface area contributed by atoms with Gasteiger partial charge in [0, 0.05) is 11.6 Å². The molecule has 2 fully saturated rings. The average Bonchev–Trinajstić information content (AvgIpc) is 3.02. The topological polar surface area (TPSA) is 17.8 Å². The zero-order valence-corrected chi connectivity index (χ0v) is 11.1. The lowest BCUT2D eigenvalue weighted by Gasteiger charge is -2.12. The number of hydrogen-bond donors (Lipinski definition) is 0.